The van der Waals surface area contributed by atoms with Gasteiger partial charge in [0.15, 0.2) is 0 Å². The van der Waals surface area contributed by atoms with Crippen LogP contribution in [0.5, 0.6) is 5.75 Å². The van der Waals surface area contributed by atoms with Crippen LogP contribution in [-0.2, 0) is 14.8 Å². The minimum atomic E-state index is -3.62. The third-order valence-electron chi connectivity index (χ3n) is 5.25. The number of nitrogens with zero attached hydrogens (tertiary/aromatic N) is 2. The second-order valence-electron chi connectivity index (χ2n) is 8.55. The number of sulfonamides is 1. The second-order valence-corrected chi connectivity index (χ2v) is 10.5. The minimum absolute atomic E-state index is 0.280. The predicted molar refractivity (Wildman–Crippen MR) is 117 cm³/mol. The second kappa shape index (κ2) is 9.61. The maximum atomic E-state index is 12.4. The molecule has 29 heavy (non-hydrogen) atoms. The van der Waals surface area contributed by atoms with Crippen LogP contribution in [0, 0.1) is 11.3 Å². The summed E-state index contributed by atoms with van der Waals surface area (Å²) in [6.07, 6.45) is 4.91. The molecule has 0 spiro atoms. The van der Waals surface area contributed by atoms with Crippen LogP contribution in [0.4, 0.5) is 5.69 Å². The van der Waals surface area contributed by atoms with Gasteiger partial charge in [-0.25, -0.2) is 13.8 Å². The minimum Gasteiger partial charge on any atom is -0.494 e. The van der Waals surface area contributed by atoms with Gasteiger partial charge in [0.25, 0.3) is 5.91 Å². The lowest BCUT2D eigenvalue weighted by atomic mass is 9.72. The Labute approximate surface area is 174 Å². The summed E-state index contributed by atoms with van der Waals surface area (Å²) in [4.78, 5) is 12.4. The highest BCUT2D eigenvalue weighted by molar-refractivity contribution is 7.92. The Morgan fingerprint density at radius 2 is 1.79 bits per heavy atom. The SMILES string of the molecule is CCOc1ccc(N(CC(=O)NN=C2CCC(C(C)(C)C)CC2)S(C)(=O)=O)cc1. The quantitative estimate of drug-likeness (QED) is 0.679. The Morgan fingerprint density at radius 1 is 1.21 bits per heavy atom. The summed E-state index contributed by atoms with van der Waals surface area (Å²) in [6.45, 7) is 8.83. The Bertz CT molecular complexity index is 816. The molecule has 0 aliphatic heterocycles. The molecule has 1 N–H and O–H groups in total. The first-order valence-corrected chi connectivity index (χ1v) is 11.9. The van der Waals surface area contributed by atoms with E-state index in [1.807, 2.05) is 6.92 Å². The number of rotatable bonds is 7. The zero-order chi connectivity index (χ0) is 21.7. The van der Waals surface area contributed by atoms with Crippen molar-refractivity contribution in [2.75, 3.05) is 23.7 Å². The highest BCUT2D eigenvalue weighted by Gasteiger charge is 2.28. The summed E-state index contributed by atoms with van der Waals surface area (Å²) in [5, 5.41) is 4.24. The van der Waals surface area contributed by atoms with Crippen LogP contribution in [0.1, 0.15) is 53.4 Å². The van der Waals surface area contributed by atoms with E-state index in [-0.39, 0.29) is 12.0 Å². The number of carbonyl (C=O) groups excluding carboxylic acids is 1. The van der Waals surface area contributed by atoms with Crippen molar-refractivity contribution in [3.8, 4) is 5.75 Å². The number of anilines is 1. The van der Waals surface area contributed by atoms with Crippen LogP contribution in [0.25, 0.3) is 0 Å². The highest BCUT2D eigenvalue weighted by atomic mass is 32.2. The molecule has 7 nitrogen and oxygen atoms in total. The van der Waals surface area contributed by atoms with Gasteiger partial charge >= 0.3 is 0 Å². The van der Waals surface area contributed by atoms with E-state index in [1.54, 1.807) is 24.3 Å². The molecule has 0 saturated heterocycles. The van der Waals surface area contributed by atoms with Crippen LogP contribution in [0.15, 0.2) is 29.4 Å². The van der Waals surface area contributed by atoms with E-state index < -0.39 is 15.9 Å². The Morgan fingerprint density at radius 3 is 2.28 bits per heavy atom. The molecule has 0 bridgehead atoms. The van der Waals surface area contributed by atoms with Gasteiger partial charge in [-0.15, -0.1) is 0 Å². The van der Waals surface area contributed by atoms with Gasteiger partial charge in [0.1, 0.15) is 12.3 Å². The standard InChI is InChI=1S/C21H33N3O4S/c1-6-28-19-13-11-18(12-14-19)24(29(5,26)27)15-20(25)23-22-17-9-7-16(8-10-17)21(2,3)4/h11-14,16H,6-10,15H2,1-5H3,(H,23,25). The van der Waals surface area contributed by atoms with E-state index in [1.165, 1.54) is 0 Å². The summed E-state index contributed by atoms with van der Waals surface area (Å²) in [7, 11) is -3.62. The average molecular weight is 424 g/mol. The van der Waals surface area contributed by atoms with Gasteiger partial charge in [0, 0.05) is 5.71 Å². The molecule has 0 unspecified atom stereocenters. The van der Waals surface area contributed by atoms with Crippen molar-refractivity contribution in [2.24, 2.45) is 16.4 Å². The predicted octanol–water partition coefficient (Wildman–Crippen LogP) is 3.56. The topological polar surface area (TPSA) is 88.1 Å². The zero-order valence-electron chi connectivity index (χ0n) is 18.1. The molecule has 0 atom stereocenters. The third kappa shape index (κ3) is 7.03. The molecule has 1 amide bonds. The van der Waals surface area contributed by atoms with E-state index in [9.17, 15) is 13.2 Å². The number of amides is 1. The Kier molecular flexibility index (Phi) is 7.68. The van der Waals surface area contributed by atoms with Crippen LogP contribution in [0.2, 0.25) is 0 Å². The van der Waals surface area contributed by atoms with Crippen molar-refractivity contribution in [1.82, 2.24) is 5.43 Å². The molecule has 1 aromatic carbocycles. The van der Waals surface area contributed by atoms with E-state index >= 15 is 0 Å². The molecule has 2 rings (SSSR count). The van der Waals surface area contributed by atoms with Crippen molar-refractivity contribution in [1.29, 1.82) is 0 Å². The van der Waals surface area contributed by atoms with E-state index in [4.69, 9.17) is 4.74 Å². The van der Waals surface area contributed by atoms with Gasteiger partial charge in [-0.3, -0.25) is 9.10 Å². The number of benzene rings is 1. The van der Waals surface area contributed by atoms with E-state index in [0.29, 0.717) is 24.0 Å². The summed E-state index contributed by atoms with van der Waals surface area (Å²) >= 11 is 0. The van der Waals surface area contributed by atoms with Crippen LogP contribution in [0.3, 0.4) is 0 Å². The number of nitrogens with one attached hydrogen (secondary N) is 1. The van der Waals surface area contributed by atoms with Gasteiger partial charge in [0.05, 0.1) is 18.6 Å². The van der Waals surface area contributed by atoms with Crippen LogP contribution in [-0.4, -0.2) is 39.4 Å². The number of hydrogen-bond acceptors (Lipinski definition) is 5. The molecule has 162 valence electrons. The third-order valence-corrected chi connectivity index (χ3v) is 6.39. The summed E-state index contributed by atoms with van der Waals surface area (Å²) in [6, 6.07) is 6.61. The van der Waals surface area contributed by atoms with Crippen molar-refractivity contribution in [2.45, 2.75) is 53.4 Å². The lowest BCUT2D eigenvalue weighted by molar-refractivity contribution is -0.119. The number of carbonyl (C=O) groups is 1. The summed E-state index contributed by atoms with van der Waals surface area (Å²) in [5.74, 6) is 0.832. The van der Waals surface area contributed by atoms with Crippen molar-refractivity contribution < 1.29 is 17.9 Å². The number of ether oxygens (including phenoxy) is 1. The van der Waals surface area contributed by atoms with Gasteiger partial charge in [-0.1, -0.05) is 20.8 Å². The fourth-order valence-corrected chi connectivity index (χ4v) is 4.37. The van der Waals surface area contributed by atoms with Gasteiger partial charge < -0.3 is 4.74 Å². The van der Waals surface area contributed by atoms with E-state index in [2.05, 4.69) is 31.3 Å². The van der Waals surface area contributed by atoms with Gasteiger partial charge in [0.2, 0.25) is 10.0 Å². The fraction of sp³-hybridized carbons (Fsp3) is 0.619. The fourth-order valence-electron chi connectivity index (χ4n) is 3.51. The molecule has 1 aliphatic carbocycles. The first-order valence-electron chi connectivity index (χ1n) is 10.1. The smallest absolute Gasteiger partial charge is 0.260 e. The zero-order valence-corrected chi connectivity index (χ0v) is 18.9. The molecule has 8 heteroatoms. The lowest BCUT2D eigenvalue weighted by Crippen LogP contribution is -2.39. The first-order chi connectivity index (χ1) is 13.5. The molecule has 0 aromatic heterocycles. The monoisotopic (exact) mass is 423 g/mol. The molecular weight excluding hydrogens is 390 g/mol. The molecular formula is C21H33N3O4S. The van der Waals surface area contributed by atoms with Gasteiger partial charge in [-0.05, 0) is 68.2 Å². The highest BCUT2D eigenvalue weighted by Crippen LogP contribution is 2.36. The van der Waals surface area contributed by atoms with E-state index in [0.717, 1.165) is 42.0 Å². The lowest BCUT2D eigenvalue weighted by Gasteiger charge is -2.34. The van der Waals surface area contributed by atoms with Crippen molar-refractivity contribution in [3.63, 3.8) is 0 Å². The van der Waals surface area contributed by atoms with Crippen molar-refractivity contribution in [3.05, 3.63) is 24.3 Å². The Balaban J connectivity index is 1.99. The average Bonchev–Trinajstić information content (AvgIpc) is 2.64. The molecule has 1 aromatic rings. The summed E-state index contributed by atoms with van der Waals surface area (Å²) < 4.78 is 30.8. The van der Waals surface area contributed by atoms with Crippen molar-refractivity contribution >= 4 is 27.3 Å². The van der Waals surface area contributed by atoms with Crippen LogP contribution >= 0.6 is 0 Å². The molecule has 1 saturated carbocycles. The maximum Gasteiger partial charge on any atom is 0.260 e. The maximum absolute atomic E-state index is 12.4. The molecule has 0 heterocycles. The molecule has 1 fully saturated rings. The number of hydrogen-bond donors (Lipinski definition) is 1. The first kappa shape index (κ1) is 23.2. The molecule has 1 aliphatic rings. The summed E-state index contributed by atoms with van der Waals surface area (Å²) in [5.41, 5.74) is 4.18. The number of hydrazone groups is 1. The van der Waals surface area contributed by atoms with Crippen LogP contribution < -0.4 is 14.5 Å². The largest absolute Gasteiger partial charge is 0.494 e. The Hall–Kier alpha value is -2.09. The normalized spacial score (nSPS) is 17.6. The molecule has 0 radical (unpaired) electrons. The van der Waals surface area contributed by atoms with Gasteiger partial charge in [-0.2, -0.15) is 5.10 Å².